The minimum Gasteiger partial charge on any atom is -0.385 e. The summed E-state index contributed by atoms with van der Waals surface area (Å²) in [5.41, 5.74) is 6.63. The van der Waals surface area contributed by atoms with Crippen molar-refractivity contribution >= 4 is 11.5 Å². The largest absolute Gasteiger partial charge is 0.385 e. The third-order valence-electron chi connectivity index (χ3n) is 1.59. The molecule has 0 aromatic carbocycles. The van der Waals surface area contributed by atoms with E-state index < -0.39 is 0 Å². The Morgan fingerprint density at radius 1 is 1.58 bits per heavy atom. The van der Waals surface area contributed by atoms with Crippen LogP contribution in [0.3, 0.4) is 0 Å². The van der Waals surface area contributed by atoms with Gasteiger partial charge in [0.2, 0.25) is 0 Å². The predicted molar refractivity (Wildman–Crippen MR) is 45.0 cm³/mol. The average Bonchev–Trinajstić information content (AvgIpc) is 2.29. The van der Waals surface area contributed by atoms with Gasteiger partial charge in [-0.05, 0) is 6.92 Å². The molecule has 0 spiro atoms. The highest BCUT2D eigenvalue weighted by atomic mass is 16.1. The Morgan fingerprint density at radius 2 is 2.33 bits per heavy atom. The third-order valence-corrected chi connectivity index (χ3v) is 1.59. The lowest BCUT2D eigenvalue weighted by Crippen LogP contribution is -2.14. The maximum atomic E-state index is 11.2. The summed E-state index contributed by atoms with van der Waals surface area (Å²) in [5, 5.41) is 3.97. The first-order valence-corrected chi connectivity index (χ1v) is 3.52. The number of nitrogens with two attached hydrogens (primary N) is 1. The van der Waals surface area contributed by atoms with Crippen LogP contribution in [-0.2, 0) is 0 Å². The van der Waals surface area contributed by atoms with Gasteiger partial charge in [-0.1, -0.05) is 0 Å². The molecule has 0 saturated heterocycles. The molecule has 0 amide bonds. The van der Waals surface area contributed by atoms with E-state index in [4.69, 9.17) is 5.73 Å². The number of anilines is 1. The molecule has 12 heavy (non-hydrogen) atoms. The first-order chi connectivity index (χ1) is 5.66. The standard InChI is InChI=1S/C7H8N4O/c1-4-2-6-9-5(8)3-7(12)11(6)10-4/h2-3,9H,8H2,1H3. The van der Waals surface area contributed by atoms with Crippen molar-refractivity contribution in [3.05, 3.63) is 28.2 Å². The summed E-state index contributed by atoms with van der Waals surface area (Å²) in [6, 6.07) is 3.07. The maximum absolute atomic E-state index is 11.2. The number of nitrogens with one attached hydrogen (secondary N) is 1. The summed E-state index contributed by atoms with van der Waals surface area (Å²) in [6.07, 6.45) is 0. The lowest BCUT2D eigenvalue weighted by molar-refractivity contribution is 0.883. The zero-order valence-electron chi connectivity index (χ0n) is 6.53. The molecule has 62 valence electrons. The monoisotopic (exact) mass is 164 g/mol. The first kappa shape index (κ1) is 6.90. The summed E-state index contributed by atoms with van der Waals surface area (Å²) < 4.78 is 1.28. The van der Waals surface area contributed by atoms with Crippen molar-refractivity contribution in [3.8, 4) is 0 Å². The Kier molecular flexibility index (Phi) is 1.21. The van der Waals surface area contributed by atoms with Gasteiger partial charge in [-0.25, -0.2) is 0 Å². The van der Waals surface area contributed by atoms with E-state index in [1.54, 1.807) is 6.07 Å². The Bertz CT molecular complexity index is 482. The van der Waals surface area contributed by atoms with Crippen LogP contribution in [0.2, 0.25) is 0 Å². The molecule has 5 nitrogen and oxygen atoms in total. The molecule has 3 N–H and O–H groups in total. The van der Waals surface area contributed by atoms with Crippen LogP contribution in [0.4, 0.5) is 5.82 Å². The van der Waals surface area contributed by atoms with E-state index in [0.717, 1.165) is 5.69 Å². The van der Waals surface area contributed by atoms with Crippen molar-refractivity contribution in [2.24, 2.45) is 0 Å². The number of aryl methyl sites for hydroxylation is 1. The summed E-state index contributed by atoms with van der Waals surface area (Å²) in [6.45, 7) is 1.82. The van der Waals surface area contributed by atoms with Crippen LogP contribution >= 0.6 is 0 Å². The van der Waals surface area contributed by atoms with E-state index in [9.17, 15) is 4.79 Å². The molecular formula is C7H8N4O. The number of rotatable bonds is 0. The van der Waals surface area contributed by atoms with Crippen LogP contribution in [0.5, 0.6) is 0 Å². The Hall–Kier alpha value is -1.78. The molecule has 0 unspecified atom stereocenters. The SMILES string of the molecule is Cc1cc2[nH]c(N)cc(=O)n2n1. The van der Waals surface area contributed by atoms with Crippen LogP contribution in [0.15, 0.2) is 16.9 Å². The van der Waals surface area contributed by atoms with E-state index in [0.29, 0.717) is 11.5 Å². The van der Waals surface area contributed by atoms with Crippen LogP contribution in [0, 0.1) is 6.92 Å². The minimum absolute atomic E-state index is 0.214. The first-order valence-electron chi connectivity index (χ1n) is 3.52. The van der Waals surface area contributed by atoms with Crippen LogP contribution in [0.25, 0.3) is 5.65 Å². The number of hydrogen-bond donors (Lipinski definition) is 2. The van der Waals surface area contributed by atoms with Crippen molar-refractivity contribution in [3.63, 3.8) is 0 Å². The molecule has 2 heterocycles. The fourth-order valence-electron chi connectivity index (χ4n) is 1.13. The fraction of sp³-hybridized carbons (Fsp3) is 0.143. The molecule has 5 heteroatoms. The summed E-state index contributed by atoms with van der Waals surface area (Å²) >= 11 is 0. The van der Waals surface area contributed by atoms with E-state index in [1.807, 2.05) is 6.92 Å². The minimum atomic E-state index is -0.214. The van der Waals surface area contributed by atoms with Gasteiger partial charge in [0.05, 0.1) is 5.69 Å². The second kappa shape index (κ2) is 2.10. The summed E-state index contributed by atoms with van der Waals surface area (Å²) in [7, 11) is 0. The van der Waals surface area contributed by atoms with Gasteiger partial charge >= 0.3 is 0 Å². The molecule has 0 aliphatic heterocycles. The van der Waals surface area contributed by atoms with Gasteiger partial charge in [-0.2, -0.15) is 9.61 Å². The van der Waals surface area contributed by atoms with E-state index in [2.05, 4.69) is 10.1 Å². The van der Waals surface area contributed by atoms with Crippen molar-refractivity contribution in [1.29, 1.82) is 0 Å². The molecule has 2 aromatic heterocycles. The molecule has 0 atom stereocenters. The maximum Gasteiger partial charge on any atom is 0.276 e. The molecular weight excluding hydrogens is 156 g/mol. The quantitative estimate of drug-likeness (QED) is 0.571. The van der Waals surface area contributed by atoms with E-state index in [1.165, 1.54) is 10.6 Å². The molecule has 0 fully saturated rings. The predicted octanol–water partition coefficient (Wildman–Crippen LogP) is -0.0868. The van der Waals surface area contributed by atoms with Gasteiger partial charge in [0.25, 0.3) is 5.56 Å². The van der Waals surface area contributed by atoms with Gasteiger partial charge in [-0.15, -0.1) is 0 Å². The van der Waals surface area contributed by atoms with Gasteiger partial charge in [0.1, 0.15) is 11.5 Å². The molecule has 0 saturated carbocycles. The van der Waals surface area contributed by atoms with Crippen LogP contribution in [0.1, 0.15) is 5.69 Å². The van der Waals surface area contributed by atoms with Crippen molar-refractivity contribution in [2.45, 2.75) is 6.92 Å². The van der Waals surface area contributed by atoms with Gasteiger partial charge in [0.15, 0.2) is 0 Å². The highest BCUT2D eigenvalue weighted by molar-refractivity contribution is 5.44. The third kappa shape index (κ3) is 0.868. The number of hydrogen-bond acceptors (Lipinski definition) is 3. The van der Waals surface area contributed by atoms with E-state index in [-0.39, 0.29) is 5.56 Å². The highest BCUT2D eigenvalue weighted by Gasteiger charge is 2.00. The zero-order chi connectivity index (χ0) is 8.72. The molecule has 0 aliphatic rings. The highest BCUT2D eigenvalue weighted by Crippen LogP contribution is 2.00. The average molecular weight is 164 g/mol. The van der Waals surface area contributed by atoms with E-state index >= 15 is 0 Å². The number of fused-ring (bicyclic) bond motifs is 1. The van der Waals surface area contributed by atoms with Gasteiger partial charge in [0, 0.05) is 12.1 Å². The van der Waals surface area contributed by atoms with Crippen molar-refractivity contribution < 1.29 is 0 Å². The Balaban J connectivity index is 2.98. The number of H-pyrrole nitrogens is 1. The van der Waals surface area contributed by atoms with Gasteiger partial charge < -0.3 is 10.7 Å². The molecule has 2 rings (SSSR count). The molecule has 0 radical (unpaired) electrons. The summed E-state index contributed by atoms with van der Waals surface area (Å²) in [4.78, 5) is 14.0. The smallest absolute Gasteiger partial charge is 0.276 e. The second-order valence-corrected chi connectivity index (χ2v) is 2.65. The molecule has 0 bridgehead atoms. The normalized spacial score (nSPS) is 10.8. The zero-order valence-corrected chi connectivity index (χ0v) is 6.53. The Morgan fingerprint density at radius 3 is 3.08 bits per heavy atom. The molecule has 2 aromatic rings. The lowest BCUT2D eigenvalue weighted by Gasteiger charge is -1.93. The van der Waals surface area contributed by atoms with Crippen LogP contribution in [-0.4, -0.2) is 14.6 Å². The Labute approximate surface area is 67.8 Å². The van der Waals surface area contributed by atoms with Crippen molar-refractivity contribution in [2.75, 3.05) is 5.73 Å². The number of nitrogens with zero attached hydrogens (tertiary/aromatic N) is 2. The second-order valence-electron chi connectivity index (χ2n) is 2.65. The lowest BCUT2D eigenvalue weighted by atomic mass is 10.5. The molecule has 0 aliphatic carbocycles. The van der Waals surface area contributed by atoms with Crippen molar-refractivity contribution in [1.82, 2.24) is 14.6 Å². The topological polar surface area (TPSA) is 76.2 Å². The number of aromatic amines is 1. The summed E-state index contributed by atoms with van der Waals surface area (Å²) in [5.74, 6) is 0.354. The number of aromatic nitrogens is 3. The number of nitrogen functional groups attached to an aromatic ring is 1. The van der Waals surface area contributed by atoms with Gasteiger partial charge in [-0.3, -0.25) is 4.79 Å². The fourth-order valence-corrected chi connectivity index (χ4v) is 1.13. The van der Waals surface area contributed by atoms with Crippen LogP contribution < -0.4 is 11.3 Å².